The standard InChI is InChI=1S/C15H17ClFNO3S2/c16-13-10-12(3-4-14(13)17)23(20,21)18-7-5-11(6-8-19)15-2-1-9-22-15/h1-4,9-11,18-19H,5-8H2. The van der Waals surface area contributed by atoms with Crippen molar-refractivity contribution in [3.63, 3.8) is 0 Å². The average molecular weight is 378 g/mol. The maximum absolute atomic E-state index is 13.1. The van der Waals surface area contributed by atoms with Gasteiger partial charge in [-0.25, -0.2) is 17.5 Å². The lowest BCUT2D eigenvalue weighted by molar-refractivity contribution is 0.273. The molecule has 0 saturated carbocycles. The second-order valence-electron chi connectivity index (χ2n) is 4.99. The first-order valence-corrected chi connectivity index (χ1v) is 9.77. The summed E-state index contributed by atoms with van der Waals surface area (Å²) in [7, 11) is -3.74. The second kappa shape index (κ2) is 8.21. The molecule has 8 heteroatoms. The monoisotopic (exact) mass is 377 g/mol. The molecule has 23 heavy (non-hydrogen) atoms. The summed E-state index contributed by atoms with van der Waals surface area (Å²) in [5.74, 6) is -0.564. The Balaban J connectivity index is 1.99. The average Bonchev–Trinajstić information content (AvgIpc) is 3.03. The van der Waals surface area contributed by atoms with Crippen LogP contribution in [0.3, 0.4) is 0 Å². The SMILES string of the molecule is O=S(=O)(NCCC(CCO)c1cccs1)c1ccc(F)c(Cl)c1. The summed E-state index contributed by atoms with van der Waals surface area (Å²) in [5.41, 5.74) is 0. The summed E-state index contributed by atoms with van der Waals surface area (Å²) in [6.45, 7) is 0.267. The van der Waals surface area contributed by atoms with E-state index >= 15 is 0 Å². The molecule has 2 rings (SSSR count). The van der Waals surface area contributed by atoms with Crippen LogP contribution in [0.4, 0.5) is 4.39 Å². The lowest BCUT2D eigenvalue weighted by atomic mass is 10.0. The van der Waals surface area contributed by atoms with E-state index in [4.69, 9.17) is 16.7 Å². The zero-order valence-corrected chi connectivity index (χ0v) is 14.6. The van der Waals surface area contributed by atoms with Gasteiger partial charge in [0.15, 0.2) is 0 Å². The van der Waals surface area contributed by atoms with Gasteiger partial charge >= 0.3 is 0 Å². The molecule has 1 aromatic carbocycles. The molecule has 1 unspecified atom stereocenters. The van der Waals surface area contributed by atoms with Gasteiger partial charge < -0.3 is 5.11 Å². The van der Waals surface area contributed by atoms with Crippen LogP contribution in [0, 0.1) is 5.82 Å². The molecule has 0 aliphatic heterocycles. The van der Waals surface area contributed by atoms with Crippen LogP contribution in [-0.4, -0.2) is 26.7 Å². The van der Waals surface area contributed by atoms with Crippen LogP contribution >= 0.6 is 22.9 Å². The van der Waals surface area contributed by atoms with Gasteiger partial charge in [0, 0.05) is 18.0 Å². The summed E-state index contributed by atoms with van der Waals surface area (Å²) in [5, 5.41) is 10.9. The van der Waals surface area contributed by atoms with Gasteiger partial charge in [0.25, 0.3) is 0 Å². The third-order valence-electron chi connectivity index (χ3n) is 3.41. The summed E-state index contributed by atoms with van der Waals surface area (Å²) in [6, 6.07) is 7.18. The normalized spacial score (nSPS) is 13.2. The molecule has 0 amide bonds. The minimum absolute atomic E-state index is 0.0445. The molecule has 0 spiro atoms. The Morgan fingerprint density at radius 2 is 2.09 bits per heavy atom. The number of aliphatic hydroxyl groups is 1. The largest absolute Gasteiger partial charge is 0.396 e. The molecule has 0 fully saturated rings. The van der Waals surface area contributed by atoms with Crippen molar-refractivity contribution in [1.82, 2.24) is 4.72 Å². The van der Waals surface area contributed by atoms with Gasteiger partial charge in [-0.05, 0) is 48.4 Å². The number of thiophene rings is 1. The summed E-state index contributed by atoms with van der Waals surface area (Å²) in [4.78, 5) is 1.04. The van der Waals surface area contributed by atoms with E-state index in [0.29, 0.717) is 12.8 Å². The lowest BCUT2D eigenvalue weighted by Gasteiger charge is -2.15. The highest BCUT2D eigenvalue weighted by Gasteiger charge is 2.17. The molecular weight excluding hydrogens is 361 g/mol. The Morgan fingerprint density at radius 1 is 1.30 bits per heavy atom. The van der Waals surface area contributed by atoms with Crippen molar-refractivity contribution in [2.45, 2.75) is 23.7 Å². The number of aliphatic hydroxyl groups excluding tert-OH is 1. The van der Waals surface area contributed by atoms with Crippen LogP contribution in [0.2, 0.25) is 5.02 Å². The Kier molecular flexibility index (Phi) is 6.55. The first-order chi connectivity index (χ1) is 10.9. The number of rotatable bonds is 8. The molecule has 0 bridgehead atoms. The second-order valence-corrected chi connectivity index (χ2v) is 8.14. The Bertz CT molecular complexity index is 735. The highest BCUT2D eigenvalue weighted by Crippen LogP contribution is 2.27. The van der Waals surface area contributed by atoms with Crippen LogP contribution in [0.1, 0.15) is 23.6 Å². The van der Waals surface area contributed by atoms with Crippen LogP contribution in [0.25, 0.3) is 0 Å². The maximum atomic E-state index is 13.1. The number of hydrogen-bond donors (Lipinski definition) is 2. The molecule has 0 aliphatic rings. The molecule has 4 nitrogen and oxygen atoms in total. The molecule has 2 aromatic rings. The lowest BCUT2D eigenvalue weighted by Crippen LogP contribution is -2.26. The van der Waals surface area contributed by atoms with E-state index in [1.165, 1.54) is 6.07 Å². The van der Waals surface area contributed by atoms with Crippen molar-refractivity contribution in [2.75, 3.05) is 13.2 Å². The van der Waals surface area contributed by atoms with E-state index in [2.05, 4.69) is 4.72 Å². The van der Waals surface area contributed by atoms with E-state index in [9.17, 15) is 12.8 Å². The van der Waals surface area contributed by atoms with Gasteiger partial charge in [0.05, 0.1) is 9.92 Å². The van der Waals surface area contributed by atoms with Gasteiger partial charge in [0.2, 0.25) is 10.0 Å². The highest BCUT2D eigenvalue weighted by atomic mass is 35.5. The van der Waals surface area contributed by atoms with E-state index in [1.54, 1.807) is 11.3 Å². The van der Waals surface area contributed by atoms with Crippen LogP contribution in [0.15, 0.2) is 40.6 Å². The van der Waals surface area contributed by atoms with Crippen molar-refractivity contribution in [3.05, 3.63) is 51.4 Å². The summed E-state index contributed by atoms with van der Waals surface area (Å²) in [6.07, 6.45) is 1.14. The molecule has 0 aliphatic carbocycles. The van der Waals surface area contributed by atoms with Gasteiger partial charge in [-0.3, -0.25) is 0 Å². The fourth-order valence-corrected chi connectivity index (χ4v) is 4.42. The first kappa shape index (κ1) is 18.4. The fourth-order valence-electron chi connectivity index (χ4n) is 2.20. The molecule has 2 N–H and O–H groups in total. The van der Waals surface area contributed by atoms with Crippen LogP contribution in [0.5, 0.6) is 0 Å². The number of benzene rings is 1. The minimum atomic E-state index is -3.74. The van der Waals surface area contributed by atoms with E-state index in [1.807, 2.05) is 17.5 Å². The smallest absolute Gasteiger partial charge is 0.240 e. The van der Waals surface area contributed by atoms with E-state index in [-0.39, 0.29) is 29.0 Å². The van der Waals surface area contributed by atoms with Crippen molar-refractivity contribution in [3.8, 4) is 0 Å². The van der Waals surface area contributed by atoms with Gasteiger partial charge in [-0.15, -0.1) is 11.3 Å². The molecule has 1 aromatic heterocycles. The number of halogens is 2. The van der Waals surface area contributed by atoms with Gasteiger partial charge in [-0.1, -0.05) is 17.7 Å². The fraction of sp³-hybridized carbons (Fsp3) is 0.333. The third kappa shape index (κ3) is 4.99. The van der Waals surface area contributed by atoms with Crippen LogP contribution < -0.4 is 4.72 Å². The van der Waals surface area contributed by atoms with Crippen LogP contribution in [-0.2, 0) is 10.0 Å². The topological polar surface area (TPSA) is 66.4 Å². The quantitative estimate of drug-likeness (QED) is 0.741. The van der Waals surface area contributed by atoms with Crippen molar-refractivity contribution in [1.29, 1.82) is 0 Å². The Morgan fingerprint density at radius 3 is 2.70 bits per heavy atom. The molecule has 0 saturated heterocycles. The molecule has 1 heterocycles. The molecule has 0 radical (unpaired) electrons. The highest BCUT2D eigenvalue weighted by molar-refractivity contribution is 7.89. The van der Waals surface area contributed by atoms with E-state index in [0.717, 1.165) is 17.0 Å². The molecule has 126 valence electrons. The predicted molar refractivity (Wildman–Crippen MR) is 90.0 cm³/mol. The van der Waals surface area contributed by atoms with Gasteiger partial charge in [0.1, 0.15) is 5.82 Å². The number of nitrogens with one attached hydrogen (secondary N) is 1. The zero-order chi connectivity index (χ0) is 16.9. The van der Waals surface area contributed by atoms with Gasteiger partial charge in [-0.2, -0.15) is 0 Å². The first-order valence-electron chi connectivity index (χ1n) is 7.03. The third-order valence-corrected chi connectivity index (χ3v) is 6.19. The van der Waals surface area contributed by atoms with Crippen molar-refractivity contribution in [2.24, 2.45) is 0 Å². The summed E-state index contributed by atoms with van der Waals surface area (Å²) < 4.78 is 40.0. The number of sulfonamides is 1. The summed E-state index contributed by atoms with van der Waals surface area (Å²) >= 11 is 7.20. The Hall–Kier alpha value is -0.990. The maximum Gasteiger partial charge on any atom is 0.240 e. The zero-order valence-electron chi connectivity index (χ0n) is 12.2. The van der Waals surface area contributed by atoms with E-state index < -0.39 is 15.8 Å². The minimum Gasteiger partial charge on any atom is -0.396 e. The molecular formula is C15H17ClFNO3S2. The van der Waals surface area contributed by atoms with Crippen molar-refractivity contribution < 1.29 is 17.9 Å². The Labute approximate surface area is 144 Å². The number of hydrogen-bond acceptors (Lipinski definition) is 4. The van der Waals surface area contributed by atoms with Crippen molar-refractivity contribution >= 4 is 33.0 Å². The predicted octanol–water partition coefficient (Wildman–Crippen LogP) is 3.38. The molecule has 1 atom stereocenters.